The largest absolute Gasteiger partial charge is 0.493 e. The van der Waals surface area contributed by atoms with Crippen LogP contribution in [-0.2, 0) is 4.79 Å². The van der Waals surface area contributed by atoms with Crippen LogP contribution in [0, 0.1) is 13.8 Å². The number of ether oxygens (including phenoxy) is 3. The van der Waals surface area contributed by atoms with Gasteiger partial charge in [-0.3, -0.25) is 9.69 Å². The van der Waals surface area contributed by atoms with Gasteiger partial charge in [-0.15, -0.1) is 0 Å². The van der Waals surface area contributed by atoms with Gasteiger partial charge in [-0.2, -0.15) is 0 Å². The van der Waals surface area contributed by atoms with E-state index in [0.29, 0.717) is 40.4 Å². The van der Waals surface area contributed by atoms with Crippen LogP contribution in [0.2, 0.25) is 0 Å². The van der Waals surface area contributed by atoms with E-state index in [1.165, 1.54) is 22.2 Å². The van der Waals surface area contributed by atoms with Gasteiger partial charge in [0.05, 0.1) is 25.2 Å². The van der Waals surface area contributed by atoms with Gasteiger partial charge >= 0.3 is 0 Å². The minimum absolute atomic E-state index is 0.110. The molecule has 0 radical (unpaired) electrons. The first-order valence-corrected chi connectivity index (χ1v) is 10.8. The van der Waals surface area contributed by atoms with Crippen LogP contribution in [0.1, 0.15) is 23.1 Å². The molecule has 1 fully saturated rings. The summed E-state index contributed by atoms with van der Waals surface area (Å²) in [6.07, 6.45) is 2.51. The number of nitrogens with zero attached hydrogens (tertiary/aromatic N) is 1. The second-order valence-corrected chi connectivity index (χ2v) is 8.54. The molecule has 0 aromatic heterocycles. The average molecular weight is 444 g/mol. The van der Waals surface area contributed by atoms with Crippen LogP contribution in [0.4, 0.5) is 0 Å². The molecular weight excluding hydrogens is 418 g/mol. The predicted octanol–water partition coefficient (Wildman–Crippen LogP) is 4.99. The second kappa shape index (κ2) is 10.00. The smallest absolute Gasteiger partial charge is 0.265 e. The summed E-state index contributed by atoms with van der Waals surface area (Å²) >= 11 is 6.49. The zero-order chi connectivity index (χ0) is 21.7. The number of rotatable bonds is 8. The maximum absolute atomic E-state index is 12.3. The Morgan fingerprint density at radius 1 is 1.07 bits per heavy atom. The van der Waals surface area contributed by atoms with Gasteiger partial charge in [-0.25, -0.2) is 0 Å². The molecule has 0 saturated carbocycles. The van der Waals surface area contributed by atoms with Gasteiger partial charge in [0, 0.05) is 19.0 Å². The molecule has 30 heavy (non-hydrogen) atoms. The third-order valence-electron chi connectivity index (χ3n) is 4.85. The van der Waals surface area contributed by atoms with Gasteiger partial charge < -0.3 is 14.2 Å². The Balaban J connectivity index is 1.66. The molecule has 2 aromatic rings. The Kier molecular flexibility index (Phi) is 7.39. The first-order valence-electron chi connectivity index (χ1n) is 9.62. The van der Waals surface area contributed by atoms with Crippen molar-refractivity contribution in [1.29, 1.82) is 0 Å². The molecule has 5 nitrogen and oxygen atoms in total. The van der Waals surface area contributed by atoms with E-state index in [2.05, 4.69) is 19.9 Å². The molecular formula is C23H25NO4S2. The number of aryl methyl sites for hydroxylation is 1. The molecule has 0 spiro atoms. The van der Waals surface area contributed by atoms with E-state index in [4.69, 9.17) is 26.4 Å². The Morgan fingerprint density at radius 3 is 2.47 bits per heavy atom. The third-order valence-corrected chi connectivity index (χ3v) is 6.33. The van der Waals surface area contributed by atoms with Crippen LogP contribution in [-0.4, -0.2) is 42.5 Å². The number of hydrogen-bond acceptors (Lipinski definition) is 6. The highest BCUT2D eigenvalue weighted by Gasteiger charge is 2.29. The molecule has 1 heterocycles. The van der Waals surface area contributed by atoms with E-state index in [0.717, 1.165) is 16.9 Å². The van der Waals surface area contributed by atoms with Crippen molar-refractivity contribution < 1.29 is 19.0 Å². The zero-order valence-corrected chi connectivity index (χ0v) is 19.2. The molecule has 158 valence electrons. The number of thioether (sulfide) groups is 1. The van der Waals surface area contributed by atoms with Crippen molar-refractivity contribution in [3.63, 3.8) is 0 Å². The molecule has 0 atom stereocenters. The lowest BCUT2D eigenvalue weighted by Crippen LogP contribution is -2.22. The quantitative estimate of drug-likeness (QED) is 0.325. The second-order valence-electron chi connectivity index (χ2n) is 6.87. The van der Waals surface area contributed by atoms with Gasteiger partial charge in [-0.1, -0.05) is 48.2 Å². The fraction of sp³-hybridized carbons (Fsp3) is 0.304. The zero-order valence-electron chi connectivity index (χ0n) is 17.6. The number of methoxy groups -OCH3 is 1. The number of hydrogen-bond donors (Lipinski definition) is 0. The summed E-state index contributed by atoms with van der Waals surface area (Å²) in [5, 5.41) is 0. The summed E-state index contributed by atoms with van der Waals surface area (Å²) in [7, 11) is 3.28. The van der Waals surface area contributed by atoms with Crippen LogP contribution < -0.4 is 14.2 Å². The Labute approximate surface area is 187 Å². The van der Waals surface area contributed by atoms with E-state index in [9.17, 15) is 4.79 Å². The van der Waals surface area contributed by atoms with Gasteiger partial charge in [0.2, 0.25) is 0 Å². The Hall–Kier alpha value is -2.51. The van der Waals surface area contributed by atoms with Gasteiger partial charge in [0.15, 0.2) is 11.5 Å². The average Bonchev–Trinajstić information content (AvgIpc) is 2.98. The molecule has 0 bridgehead atoms. The standard InChI is InChI=1S/C23H25NO4S2/c1-15-8-5-10-18(16(15)2)27-12-7-13-28-21-17(9-6-11-19(21)26-4)14-20-22(25)24(3)23(29)30-20/h5-6,8-11,14H,7,12-13H2,1-4H3. The van der Waals surface area contributed by atoms with Crippen LogP contribution >= 0.6 is 24.0 Å². The van der Waals surface area contributed by atoms with E-state index in [1.807, 2.05) is 30.3 Å². The number of likely N-dealkylation sites (N-methyl/N-ethyl adjacent to an activating group) is 1. The van der Waals surface area contributed by atoms with Gasteiger partial charge in [0.25, 0.3) is 5.91 Å². The molecule has 1 aliphatic heterocycles. The van der Waals surface area contributed by atoms with Crippen molar-refractivity contribution in [1.82, 2.24) is 4.90 Å². The van der Waals surface area contributed by atoms with Crippen molar-refractivity contribution in [3.8, 4) is 17.2 Å². The topological polar surface area (TPSA) is 48.0 Å². The summed E-state index contributed by atoms with van der Waals surface area (Å²) in [6.45, 7) is 5.13. The van der Waals surface area contributed by atoms with Crippen LogP contribution in [0.25, 0.3) is 6.08 Å². The summed E-state index contributed by atoms with van der Waals surface area (Å²) in [6, 6.07) is 11.6. The van der Waals surface area contributed by atoms with Crippen molar-refractivity contribution in [3.05, 3.63) is 58.0 Å². The molecule has 1 saturated heterocycles. The number of thiocarbonyl (C=S) groups is 1. The van der Waals surface area contributed by atoms with Crippen molar-refractivity contribution in [2.75, 3.05) is 27.4 Å². The number of carbonyl (C=O) groups is 1. The predicted molar refractivity (Wildman–Crippen MR) is 125 cm³/mol. The number of para-hydroxylation sites is 1. The minimum atomic E-state index is -0.110. The van der Waals surface area contributed by atoms with E-state index >= 15 is 0 Å². The normalized spacial score (nSPS) is 15.1. The molecule has 0 aliphatic carbocycles. The number of amides is 1. The lowest BCUT2D eigenvalue weighted by Gasteiger charge is -2.14. The first-order chi connectivity index (χ1) is 14.4. The number of carbonyl (C=O) groups excluding carboxylic acids is 1. The maximum Gasteiger partial charge on any atom is 0.265 e. The highest BCUT2D eigenvalue weighted by atomic mass is 32.2. The monoisotopic (exact) mass is 443 g/mol. The fourth-order valence-electron chi connectivity index (χ4n) is 2.94. The molecule has 1 aliphatic rings. The summed E-state index contributed by atoms with van der Waals surface area (Å²) in [4.78, 5) is 14.4. The fourth-order valence-corrected chi connectivity index (χ4v) is 4.11. The third kappa shape index (κ3) is 4.96. The van der Waals surface area contributed by atoms with Gasteiger partial charge in [-0.05, 0) is 43.2 Å². The van der Waals surface area contributed by atoms with Crippen molar-refractivity contribution >= 4 is 40.3 Å². The van der Waals surface area contributed by atoms with Crippen molar-refractivity contribution in [2.24, 2.45) is 0 Å². The highest BCUT2D eigenvalue weighted by molar-refractivity contribution is 8.26. The number of benzene rings is 2. The molecule has 0 N–H and O–H groups in total. The lowest BCUT2D eigenvalue weighted by molar-refractivity contribution is -0.121. The lowest BCUT2D eigenvalue weighted by atomic mass is 10.1. The molecule has 0 unspecified atom stereocenters. The Morgan fingerprint density at radius 2 is 1.77 bits per heavy atom. The summed E-state index contributed by atoms with van der Waals surface area (Å²) in [5.41, 5.74) is 3.14. The molecule has 1 amide bonds. The summed E-state index contributed by atoms with van der Waals surface area (Å²) < 4.78 is 17.9. The van der Waals surface area contributed by atoms with Crippen LogP contribution in [0.3, 0.4) is 0 Å². The molecule has 2 aromatic carbocycles. The molecule has 3 rings (SSSR count). The van der Waals surface area contributed by atoms with Crippen molar-refractivity contribution in [2.45, 2.75) is 20.3 Å². The van der Waals surface area contributed by atoms with E-state index in [1.54, 1.807) is 20.2 Å². The summed E-state index contributed by atoms with van der Waals surface area (Å²) in [5.74, 6) is 2.01. The van der Waals surface area contributed by atoms with E-state index < -0.39 is 0 Å². The van der Waals surface area contributed by atoms with E-state index in [-0.39, 0.29) is 5.91 Å². The first kappa shape index (κ1) is 22.2. The Bertz CT molecular complexity index is 987. The highest BCUT2D eigenvalue weighted by Crippen LogP contribution is 2.37. The van der Waals surface area contributed by atoms with Gasteiger partial charge in [0.1, 0.15) is 10.1 Å². The molecule has 7 heteroatoms. The van der Waals surface area contributed by atoms with Crippen LogP contribution in [0.15, 0.2) is 41.3 Å². The SMILES string of the molecule is COc1cccc(C=C2SC(=S)N(C)C2=O)c1OCCCOc1cccc(C)c1C. The minimum Gasteiger partial charge on any atom is -0.493 e. The van der Waals surface area contributed by atoms with Crippen LogP contribution in [0.5, 0.6) is 17.2 Å². The maximum atomic E-state index is 12.3.